The second kappa shape index (κ2) is 4.60. The fourth-order valence-electron chi connectivity index (χ4n) is 1.70. The van der Waals surface area contributed by atoms with Gasteiger partial charge in [0.2, 0.25) is 11.7 Å². The van der Waals surface area contributed by atoms with Gasteiger partial charge >= 0.3 is 5.69 Å². The van der Waals surface area contributed by atoms with Gasteiger partial charge in [0.15, 0.2) is 0 Å². The van der Waals surface area contributed by atoms with Gasteiger partial charge in [-0.2, -0.15) is 4.39 Å². The van der Waals surface area contributed by atoms with E-state index in [4.69, 9.17) is 4.74 Å². The number of H-pyrrole nitrogens is 1. The Morgan fingerprint density at radius 2 is 2.05 bits per heavy atom. The standard InChI is InChI=1S/C12H11FN2O4/c1-6-3-4-8(19-2)7(5-6)15-11(17)9(13)10(16)14-12(15)18/h3-5,17H,1-2H3,(H,14,16,18). The van der Waals surface area contributed by atoms with Crippen molar-refractivity contribution in [1.29, 1.82) is 0 Å². The average molecular weight is 266 g/mol. The minimum atomic E-state index is -1.43. The molecule has 0 spiro atoms. The summed E-state index contributed by atoms with van der Waals surface area (Å²) in [6, 6.07) is 4.82. The first-order valence-electron chi connectivity index (χ1n) is 5.34. The Kier molecular flexibility index (Phi) is 3.12. The van der Waals surface area contributed by atoms with E-state index in [0.29, 0.717) is 4.57 Å². The number of halogens is 1. The third kappa shape index (κ3) is 2.10. The molecule has 2 rings (SSSR count). The summed E-state index contributed by atoms with van der Waals surface area (Å²) in [7, 11) is 1.37. The summed E-state index contributed by atoms with van der Waals surface area (Å²) in [6.07, 6.45) is 0. The molecule has 0 saturated heterocycles. The summed E-state index contributed by atoms with van der Waals surface area (Å²) in [5, 5.41) is 9.64. The van der Waals surface area contributed by atoms with Crippen LogP contribution >= 0.6 is 0 Å². The molecule has 0 aliphatic carbocycles. The zero-order valence-electron chi connectivity index (χ0n) is 10.2. The van der Waals surface area contributed by atoms with Gasteiger partial charge in [-0.1, -0.05) is 6.07 Å². The van der Waals surface area contributed by atoms with Crippen LogP contribution in [-0.4, -0.2) is 21.8 Å². The number of aromatic hydroxyl groups is 1. The van der Waals surface area contributed by atoms with Gasteiger partial charge in [-0.3, -0.25) is 9.78 Å². The van der Waals surface area contributed by atoms with Gasteiger partial charge in [-0.15, -0.1) is 0 Å². The highest BCUT2D eigenvalue weighted by molar-refractivity contribution is 5.50. The summed E-state index contributed by atoms with van der Waals surface area (Å²) in [5.74, 6) is -2.23. The van der Waals surface area contributed by atoms with Crippen molar-refractivity contribution < 1.29 is 14.2 Å². The van der Waals surface area contributed by atoms with Gasteiger partial charge in [-0.25, -0.2) is 9.36 Å². The molecule has 1 aromatic heterocycles. The van der Waals surface area contributed by atoms with E-state index in [-0.39, 0.29) is 11.4 Å². The molecule has 1 aromatic carbocycles. The number of ether oxygens (including phenoxy) is 1. The highest BCUT2D eigenvalue weighted by Gasteiger charge is 2.17. The lowest BCUT2D eigenvalue weighted by atomic mass is 10.2. The van der Waals surface area contributed by atoms with Crippen molar-refractivity contribution in [2.75, 3.05) is 7.11 Å². The lowest BCUT2D eigenvalue weighted by Gasteiger charge is -2.12. The molecular weight excluding hydrogens is 255 g/mol. The van der Waals surface area contributed by atoms with Crippen LogP contribution in [0.15, 0.2) is 27.8 Å². The van der Waals surface area contributed by atoms with E-state index in [1.807, 2.05) is 0 Å². The van der Waals surface area contributed by atoms with Gasteiger partial charge < -0.3 is 9.84 Å². The molecule has 7 heteroatoms. The van der Waals surface area contributed by atoms with Gasteiger partial charge in [-0.05, 0) is 24.6 Å². The normalized spacial score (nSPS) is 10.5. The van der Waals surface area contributed by atoms with Gasteiger partial charge in [0.25, 0.3) is 5.56 Å². The first-order chi connectivity index (χ1) is 8.95. The number of aryl methyl sites for hydroxylation is 1. The maximum Gasteiger partial charge on any atom is 0.336 e. The topological polar surface area (TPSA) is 84.3 Å². The Bertz CT molecular complexity index is 748. The van der Waals surface area contributed by atoms with E-state index in [1.54, 1.807) is 24.0 Å². The highest BCUT2D eigenvalue weighted by Crippen LogP contribution is 2.26. The molecule has 0 bridgehead atoms. The van der Waals surface area contributed by atoms with Crippen LogP contribution < -0.4 is 16.0 Å². The molecule has 0 amide bonds. The molecule has 2 N–H and O–H groups in total. The summed E-state index contributed by atoms with van der Waals surface area (Å²) < 4.78 is 19.1. The maximum atomic E-state index is 13.4. The van der Waals surface area contributed by atoms with Crippen molar-refractivity contribution in [3.05, 3.63) is 50.4 Å². The van der Waals surface area contributed by atoms with Crippen LogP contribution in [0.2, 0.25) is 0 Å². The third-order valence-electron chi connectivity index (χ3n) is 2.61. The number of benzene rings is 1. The van der Waals surface area contributed by atoms with Crippen LogP contribution in [0.5, 0.6) is 11.6 Å². The second-order valence-electron chi connectivity index (χ2n) is 3.91. The van der Waals surface area contributed by atoms with Gasteiger partial charge in [0.05, 0.1) is 12.8 Å². The predicted molar refractivity (Wildman–Crippen MR) is 65.6 cm³/mol. The zero-order valence-corrected chi connectivity index (χ0v) is 10.2. The zero-order chi connectivity index (χ0) is 14.2. The number of hydrogen-bond donors (Lipinski definition) is 2. The minimum Gasteiger partial charge on any atom is -0.495 e. The van der Waals surface area contributed by atoms with Gasteiger partial charge in [0, 0.05) is 0 Å². The van der Waals surface area contributed by atoms with Crippen LogP contribution in [-0.2, 0) is 0 Å². The summed E-state index contributed by atoms with van der Waals surface area (Å²) in [4.78, 5) is 24.5. The van der Waals surface area contributed by atoms with E-state index in [9.17, 15) is 19.1 Å². The molecule has 100 valence electrons. The van der Waals surface area contributed by atoms with Crippen molar-refractivity contribution in [3.8, 4) is 17.3 Å². The molecule has 0 fully saturated rings. The molecule has 0 atom stereocenters. The molecule has 1 heterocycles. The fourth-order valence-corrected chi connectivity index (χ4v) is 1.70. The molecule has 6 nitrogen and oxygen atoms in total. The second-order valence-corrected chi connectivity index (χ2v) is 3.91. The number of rotatable bonds is 2. The van der Waals surface area contributed by atoms with Crippen LogP contribution in [0.4, 0.5) is 4.39 Å². The van der Waals surface area contributed by atoms with E-state index in [2.05, 4.69) is 0 Å². The minimum absolute atomic E-state index is 0.139. The summed E-state index contributed by atoms with van der Waals surface area (Å²) in [5.41, 5.74) is -1.31. The summed E-state index contributed by atoms with van der Waals surface area (Å²) in [6.45, 7) is 1.76. The Morgan fingerprint density at radius 3 is 2.68 bits per heavy atom. The number of aromatic nitrogens is 2. The number of aromatic amines is 1. The highest BCUT2D eigenvalue weighted by atomic mass is 19.1. The van der Waals surface area contributed by atoms with E-state index < -0.39 is 22.9 Å². The lowest BCUT2D eigenvalue weighted by molar-refractivity contribution is 0.377. The van der Waals surface area contributed by atoms with E-state index in [0.717, 1.165) is 5.56 Å². The number of nitrogens with one attached hydrogen (secondary N) is 1. The average Bonchev–Trinajstić information content (AvgIpc) is 2.36. The lowest BCUT2D eigenvalue weighted by Crippen LogP contribution is -2.31. The molecule has 0 aliphatic heterocycles. The van der Waals surface area contributed by atoms with Gasteiger partial charge in [0.1, 0.15) is 5.75 Å². The SMILES string of the molecule is COc1ccc(C)cc1-n1c(O)c(F)c(=O)[nH]c1=O. The fraction of sp³-hybridized carbons (Fsp3) is 0.167. The van der Waals surface area contributed by atoms with Crippen molar-refractivity contribution in [3.63, 3.8) is 0 Å². The predicted octanol–water partition coefficient (Wildman–Crippen LogP) is 0.688. The summed E-state index contributed by atoms with van der Waals surface area (Å²) >= 11 is 0. The van der Waals surface area contributed by atoms with Crippen LogP contribution in [0.3, 0.4) is 0 Å². The first-order valence-corrected chi connectivity index (χ1v) is 5.34. The van der Waals surface area contributed by atoms with Crippen molar-refractivity contribution in [2.24, 2.45) is 0 Å². The maximum absolute atomic E-state index is 13.4. The van der Waals surface area contributed by atoms with Crippen LogP contribution in [0.1, 0.15) is 5.56 Å². The first kappa shape index (κ1) is 12.9. The van der Waals surface area contributed by atoms with Crippen LogP contribution in [0, 0.1) is 12.7 Å². The molecule has 2 aromatic rings. The number of methoxy groups -OCH3 is 1. The molecule has 19 heavy (non-hydrogen) atoms. The van der Waals surface area contributed by atoms with Crippen molar-refractivity contribution in [2.45, 2.75) is 6.92 Å². The molecule has 0 unspecified atom stereocenters. The van der Waals surface area contributed by atoms with E-state index >= 15 is 0 Å². The van der Waals surface area contributed by atoms with Crippen molar-refractivity contribution >= 4 is 0 Å². The molecule has 0 saturated carbocycles. The third-order valence-corrected chi connectivity index (χ3v) is 2.61. The Hall–Kier alpha value is -2.57. The van der Waals surface area contributed by atoms with E-state index in [1.165, 1.54) is 13.2 Å². The Morgan fingerprint density at radius 1 is 1.37 bits per heavy atom. The van der Waals surface area contributed by atoms with Crippen LogP contribution in [0.25, 0.3) is 5.69 Å². The monoisotopic (exact) mass is 266 g/mol. The Balaban J connectivity index is 2.87. The number of hydrogen-bond acceptors (Lipinski definition) is 4. The Labute approximate surface area is 106 Å². The number of nitrogens with zero attached hydrogens (tertiary/aromatic N) is 1. The molecule has 0 radical (unpaired) electrons. The molecular formula is C12H11FN2O4. The molecule has 0 aliphatic rings. The smallest absolute Gasteiger partial charge is 0.336 e. The quantitative estimate of drug-likeness (QED) is 0.837. The largest absolute Gasteiger partial charge is 0.495 e. The van der Waals surface area contributed by atoms with Crippen molar-refractivity contribution in [1.82, 2.24) is 9.55 Å².